The molecular weight excluding hydrogens is 192 g/mol. The van der Waals surface area contributed by atoms with E-state index >= 15 is 0 Å². The van der Waals surface area contributed by atoms with Gasteiger partial charge in [-0.3, -0.25) is 0 Å². The van der Waals surface area contributed by atoms with Crippen molar-refractivity contribution in [1.29, 1.82) is 0 Å². The largest absolute Gasteiger partial charge is 0.353 e. The highest BCUT2D eigenvalue weighted by Gasteiger charge is 2.19. The van der Waals surface area contributed by atoms with E-state index in [0.29, 0.717) is 0 Å². The van der Waals surface area contributed by atoms with Crippen LogP contribution in [0.4, 0.5) is 0 Å². The normalized spacial score (nSPS) is 16.1. The summed E-state index contributed by atoms with van der Waals surface area (Å²) in [5.74, 6) is 1.20. The number of nitrogens with zero attached hydrogens (tertiary/aromatic N) is 1. The molecular formula is C11H18N2S. The van der Waals surface area contributed by atoms with Crippen LogP contribution in [0.2, 0.25) is 0 Å². The molecule has 0 spiro atoms. The van der Waals surface area contributed by atoms with Gasteiger partial charge in [-0.15, -0.1) is 0 Å². The Morgan fingerprint density at radius 1 is 1.57 bits per heavy atom. The SMILES string of the molecule is CSCCn1ccc(CNC2CC2)c1. The molecule has 0 amide bonds. The number of aromatic nitrogens is 1. The van der Waals surface area contributed by atoms with Gasteiger partial charge in [0.1, 0.15) is 0 Å². The van der Waals surface area contributed by atoms with Crippen LogP contribution in [0.3, 0.4) is 0 Å². The summed E-state index contributed by atoms with van der Waals surface area (Å²) in [6, 6.07) is 3.03. The summed E-state index contributed by atoms with van der Waals surface area (Å²) in [6.45, 7) is 2.17. The molecule has 14 heavy (non-hydrogen) atoms. The zero-order valence-corrected chi connectivity index (χ0v) is 9.52. The van der Waals surface area contributed by atoms with E-state index < -0.39 is 0 Å². The highest BCUT2D eigenvalue weighted by molar-refractivity contribution is 7.98. The van der Waals surface area contributed by atoms with Crippen molar-refractivity contribution in [3.8, 4) is 0 Å². The molecule has 0 atom stereocenters. The Morgan fingerprint density at radius 3 is 3.14 bits per heavy atom. The Bertz CT molecular complexity index is 279. The molecule has 0 bridgehead atoms. The van der Waals surface area contributed by atoms with Gasteiger partial charge in [-0.25, -0.2) is 0 Å². The van der Waals surface area contributed by atoms with Gasteiger partial charge in [0.2, 0.25) is 0 Å². The standard InChI is InChI=1S/C11H18N2S/c1-14-7-6-13-5-4-10(9-13)8-12-11-2-3-11/h4-5,9,11-12H,2-3,6-8H2,1H3. The van der Waals surface area contributed by atoms with Crippen LogP contribution in [0.1, 0.15) is 18.4 Å². The molecule has 0 saturated heterocycles. The van der Waals surface area contributed by atoms with Crippen molar-refractivity contribution in [3.05, 3.63) is 24.0 Å². The smallest absolute Gasteiger partial charge is 0.0310 e. The quantitative estimate of drug-likeness (QED) is 0.774. The third kappa shape index (κ3) is 3.07. The molecule has 1 saturated carbocycles. The first-order valence-corrected chi connectivity index (χ1v) is 6.65. The maximum Gasteiger partial charge on any atom is 0.0310 e. The molecule has 78 valence electrons. The van der Waals surface area contributed by atoms with Gasteiger partial charge in [-0.1, -0.05) is 0 Å². The summed E-state index contributed by atoms with van der Waals surface area (Å²) in [6.07, 6.45) is 9.32. The Kier molecular flexibility index (Phi) is 3.54. The fourth-order valence-electron chi connectivity index (χ4n) is 1.48. The minimum absolute atomic E-state index is 0.810. The van der Waals surface area contributed by atoms with Gasteiger partial charge in [0.05, 0.1) is 0 Å². The lowest BCUT2D eigenvalue weighted by Gasteiger charge is -2.00. The molecule has 2 nitrogen and oxygen atoms in total. The highest BCUT2D eigenvalue weighted by atomic mass is 32.2. The summed E-state index contributed by atoms with van der Waals surface area (Å²) < 4.78 is 2.28. The molecule has 1 heterocycles. The van der Waals surface area contributed by atoms with E-state index in [2.05, 4.69) is 34.6 Å². The van der Waals surface area contributed by atoms with Crippen molar-refractivity contribution >= 4 is 11.8 Å². The number of hydrogen-bond acceptors (Lipinski definition) is 2. The lowest BCUT2D eigenvalue weighted by atomic mass is 10.3. The van der Waals surface area contributed by atoms with Crippen molar-refractivity contribution in [1.82, 2.24) is 9.88 Å². The first-order valence-electron chi connectivity index (χ1n) is 5.25. The third-order valence-electron chi connectivity index (χ3n) is 2.54. The molecule has 0 aliphatic heterocycles. The Hall–Kier alpha value is -0.410. The number of hydrogen-bond donors (Lipinski definition) is 1. The first-order chi connectivity index (χ1) is 6.88. The van der Waals surface area contributed by atoms with Crippen LogP contribution in [-0.4, -0.2) is 22.6 Å². The predicted octanol–water partition coefficient (Wildman–Crippen LogP) is 2.10. The maximum atomic E-state index is 3.52. The summed E-state index contributed by atoms with van der Waals surface area (Å²) in [4.78, 5) is 0. The van der Waals surface area contributed by atoms with E-state index in [1.54, 1.807) is 0 Å². The van der Waals surface area contributed by atoms with Gasteiger partial charge in [0, 0.05) is 37.3 Å². The average molecular weight is 210 g/mol. The number of thioether (sulfide) groups is 1. The Labute approximate surface area is 90.1 Å². The molecule has 1 aromatic rings. The van der Waals surface area contributed by atoms with Crippen molar-refractivity contribution in [2.24, 2.45) is 0 Å². The van der Waals surface area contributed by atoms with Crippen molar-refractivity contribution in [3.63, 3.8) is 0 Å². The molecule has 0 aromatic carbocycles. The summed E-state index contributed by atoms with van der Waals surface area (Å²) in [5.41, 5.74) is 1.41. The van der Waals surface area contributed by atoms with E-state index in [1.807, 2.05) is 11.8 Å². The van der Waals surface area contributed by atoms with E-state index in [4.69, 9.17) is 0 Å². The average Bonchev–Trinajstić information content (AvgIpc) is 2.92. The molecule has 0 unspecified atom stereocenters. The summed E-state index contributed by atoms with van der Waals surface area (Å²) >= 11 is 1.90. The fraction of sp³-hybridized carbons (Fsp3) is 0.636. The highest BCUT2D eigenvalue weighted by Crippen LogP contribution is 2.19. The summed E-state index contributed by atoms with van der Waals surface area (Å²) in [5, 5.41) is 3.52. The Balaban J connectivity index is 1.76. The molecule has 1 aliphatic carbocycles. The molecule has 1 aliphatic rings. The van der Waals surface area contributed by atoms with Crippen LogP contribution in [0.25, 0.3) is 0 Å². The maximum absolute atomic E-state index is 3.52. The van der Waals surface area contributed by atoms with Crippen molar-refractivity contribution in [2.75, 3.05) is 12.0 Å². The minimum atomic E-state index is 0.810. The summed E-state index contributed by atoms with van der Waals surface area (Å²) in [7, 11) is 0. The van der Waals surface area contributed by atoms with E-state index in [-0.39, 0.29) is 0 Å². The second kappa shape index (κ2) is 4.89. The second-order valence-corrected chi connectivity index (χ2v) is 4.89. The number of aryl methyl sites for hydroxylation is 1. The van der Waals surface area contributed by atoms with Crippen LogP contribution in [0.5, 0.6) is 0 Å². The molecule has 2 rings (SSSR count). The zero-order chi connectivity index (χ0) is 9.80. The second-order valence-electron chi connectivity index (χ2n) is 3.91. The van der Waals surface area contributed by atoms with E-state index in [9.17, 15) is 0 Å². The lowest BCUT2D eigenvalue weighted by Crippen LogP contribution is -2.14. The monoisotopic (exact) mass is 210 g/mol. The third-order valence-corrected chi connectivity index (χ3v) is 3.13. The first kappa shape index (κ1) is 10.1. The minimum Gasteiger partial charge on any atom is -0.353 e. The Morgan fingerprint density at radius 2 is 2.43 bits per heavy atom. The van der Waals surface area contributed by atoms with Gasteiger partial charge in [-0.2, -0.15) is 11.8 Å². The fourth-order valence-corrected chi connectivity index (χ4v) is 1.87. The van der Waals surface area contributed by atoms with E-state index in [0.717, 1.165) is 19.1 Å². The van der Waals surface area contributed by atoms with Gasteiger partial charge in [0.15, 0.2) is 0 Å². The van der Waals surface area contributed by atoms with E-state index in [1.165, 1.54) is 24.2 Å². The topological polar surface area (TPSA) is 17.0 Å². The molecule has 1 fully saturated rings. The molecule has 1 aromatic heterocycles. The number of nitrogens with one attached hydrogen (secondary N) is 1. The van der Waals surface area contributed by atoms with Crippen LogP contribution in [-0.2, 0) is 13.1 Å². The van der Waals surface area contributed by atoms with Gasteiger partial charge >= 0.3 is 0 Å². The molecule has 1 N–H and O–H groups in total. The van der Waals surface area contributed by atoms with Crippen LogP contribution in [0, 0.1) is 0 Å². The predicted molar refractivity (Wildman–Crippen MR) is 62.7 cm³/mol. The molecule has 3 heteroatoms. The van der Waals surface area contributed by atoms with Gasteiger partial charge in [-0.05, 0) is 30.7 Å². The van der Waals surface area contributed by atoms with Crippen LogP contribution in [0.15, 0.2) is 18.5 Å². The van der Waals surface area contributed by atoms with Crippen LogP contribution >= 0.6 is 11.8 Å². The van der Waals surface area contributed by atoms with Crippen molar-refractivity contribution < 1.29 is 0 Å². The van der Waals surface area contributed by atoms with Gasteiger partial charge in [0.25, 0.3) is 0 Å². The molecule has 0 radical (unpaired) electrons. The zero-order valence-electron chi connectivity index (χ0n) is 8.70. The van der Waals surface area contributed by atoms with Gasteiger partial charge < -0.3 is 9.88 Å². The van der Waals surface area contributed by atoms with Crippen molar-refractivity contribution in [2.45, 2.75) is 32.0 Å². The van der Waals surface area contributed by atoms with Crippen LogP contribution < -0.4 is 5.32 Å². The lowest BCUT2D eigenvalue weighted by molar-refractivity contribution is 0.684. The number of rotatable bonds is 6.